The van der Waals surface area contributed by atoms with Crippen LogP contribution in [0.15, 0.2) is 65.3 Å². The molecule has 0 atom stereocenters. The minimum Gasteiger partial charge on any atom is -0.484 e. The van der Waals surface area contributed by atoms with E-state index in [0.29, 0.717) is 36.8 Å². The van der Waals surface area contributed by atoms with Crippen LogP contribution < -0.4 is 10.1 Å². The van der Waals surface area contributed by atoms with Gasteiger partial charge in [0.05, 0.1) is 23.8 Å². The summed E-state index contributed by atoms with van der Waals surface area (Å²) in [5.41, 5.74) is 3.62. The predicted molar refractivity (Wildman–Crippen MR) is 136 cm³/mol. The number of piperazine rings is 1. The van der Waals surface area contributed by atoms with Crippen LogP contribution in [-0.2, 0) is 18.4 Å². The summed E-state index contributed by atoms with van der Waals surface area (Å²) in [6, 6.07) is 16.7. The number of furan rings is 1. The molecule has 1 aliphatic rings. The first-order chi connectivity index (χ1) is 17.5. The topological polar surface area (TPSA) is 92.8 Å². The molecule has 9 nitrogen and oxygen atoms in total. The highest BCUT2D eigenvalue weighted by atomic mass is 16.5. The number of benzene rings is 2. The number of aromatic nitrogens is 2. The Balaban J connectivity index is 1.17. The van der Waals surface area contributed by atoms with Gasteiger partial charge in [0.25, 0.3) is 11.8 Å². The van der Waals surface area contributed by atoms with Gasteiger partial charge in [0.1, 0.15) is 11.6 Å². The Morgan fingerprint density at radius 3 is 2.56 bits per heavy atom. The number of carbonyl (C=O) groups excluding carboxylic acids is 2. The van der Waals surface area contributed by atoms with Crippen molar-refractivity contribution in [1.82, 2.24) is 19.4 Å². The van der Waals surface area contributed by atoms with Crippen molar-refractivity contribution in [3.05, 3.63) is 78.0 Å². The number of amides is 2. The fraction of sp³-hybridized carbons (Fsp3) is 0.296. The summed E-state index contributed by atoms with van der Waals surface area (Å²) >= 11 is 0. The molecule has 0 radical (unpaired) electrons. The number of nitrogens with one attached hydrogen (secondary N) is 1. The van der Waals surface area contributed by atoms with Gasteiger partial charge in [-0.3, -0.25) is 14.5 Å². The first-order valence-corrected chi connectivity index (χ1v) is 12.0. The summed E-state index contributed by atoms with van der Waals surface area (Å²) in [6.07, 6.45) is 1.52. The van der Waals surface area contributed by atoms with Crippen LogP contribution >= 0.6 is 0 Å². The van der Waals surface area contributed by atoms with E-state index < -0.39 is 0 Å². The highest BCUT2D eigenvalue weighted by Gasteiger charge is 2.24. The molecule has 0 saturated carbocycles. The molecule has 5 rings (SSSR count). The maximum absolute atomic E-state index is 12.5. The molecule has 0 unspecified atom stereocenters. The molecule has 1 N–H and O–H groups in total. The Labute approximate surface area is 209 Å². The van der Waals surface area contributed by atoms with Gasteiger partial charge in [0.15, 0.2) is 12.4 Å². The highest BCUT2D eigenvalue weighted by Crippen LogP contribution is 2.21. The highest BCUT2D eigenvalue weighted by molar-refractivity contribution is 5.94. The fourth-order valence-corrected chi connectivity index (χ4v) is 4.31. The molecule has 1 saturated heterocycles. The van der Waals surface area contributed by atoms with Crippen LogP contribution in [0.5, 0.6) is 5.75 Å². The number of anilines is 1. The molecule has 4 aromatic rings. The Morgan fingerprint density at radius 1 is 1.06 bits per heavy atom. The summed E-state index contributed by atoms with van der Waals surface area (Å²) in [7, 11) is 2.00. The zero-order chi connectivity index (χ0) is 25.1. The molecule has 2 aromatic heterocycles. The van der Waals surface area contributed by atoms with Gasteiger partial charge >= 0.3 is 0 Å². The van der Waals surface area contributed by atoms with Crippen molar-refractivity contribution in [1.29, 1.82) is 0 Å². The Bertz CT molecular complexity index is 1350. The second-order valence-corrected chi connectivity index (χ2v) is 8.99. The lowest BCUT2D eigenvalue weighted by Gasteiger charge is -2.34. The van der Waals surface area contributed by atoms with Gasteiger partial charge in [-0.05, 0) is 49.4 Å². The Morgan fingerprint density at radius 2 is 1.83 bits per heavy atom. The number of hydrogen-bond donors (Lipinski definition) is 1. The molecule has 0 bridgehead atoms. The lowest BCUT2D eigenvalue weighted by Crippen LogP contribution is -2.48. The van der Waals surface area contributed by atoms with E-state index >= 15 is 0 Å². The monoisotopic (exact) mass is 487 g/mol. The molecule has 186 valence electrons. The van der Waals surface area contributed by atoms with Crippen molar-refractivity contribution >= 4 is 28.5 Å². The zero-order valence-corrected chi connectivity index (χ0v) is 20.4. The van der Waals surface area contributed by atoms with Gasteiger partial charge in [-0.15, -0.1) is 0 Å². The number of imidazole rings is 1. The van der Waals surface area contributed by atoms with Crippen LogP contribution in [0.4, 0.5) is 5.69 Å². The largest absolute Gasteiger partial charge is 0.484 e. The molecule has 2 amide bonds. The molecule has 0 aliphatic carbocycles. The van der Waals surface area contributed by atoms with Crippen molar-refractivity contribution < 1.29 is 18.7 Å². The van der Waals surface area contributed by atoms with Crippen LogP contribution in [-0.4, -0.2) is 64.0 Å². The Kier molecular flexibility index (Phi) is 6.73. The maximum Gasteiger partial charge on any atom is 0.289 e. The van der Waals surface area contributed by atoms with Crippen molar-refractivity contribution in [2.45, 2.75) is 13.5 Å². The molecule has 0 spiro atoms. The summed E-state index contributed by atoms with van der Waals surface area (Å²) in [5, 5.41) is 2.88. The summed E-state index contributed by atoms with van der Waals surface area (Å²) in [6.45, 7) is 5.43. The normalized spacial score (nSPS) is 14.2. The van der Waals surface area contributed by atoms with Crippen LogP contribution in [0, 0.1) is 6.92 Å². The van der Waals surface area contributed by atoms with Gasteiger partial charge in [0.2, 0.25) is 0 Å². The average molecular weight is 488 g/mol. The van der Waals surface area contributed by atoms with Crippen molar-refractivity contribution in [2.24, 2.45) is 7.05 Å². The van der Waals surface area contributed by atoms with E-state index in [4.69, 9.17) is 14.1 Å². The van der Waals surface area contributed by atoms with Crippen molar-refractivity contribution in [3.63, 3.8) is 0 Å². The molecule has 1 aliphatic heterocycles. The molecule has 2 aromatic carbocycles. The van der Waals surface area contributed by atoms with Gasteiger partial charge < -0.3 is 23.9 Å². The standard InChI is InChI=1S/C27H29N5O4/c1-19-5-8-21(9-6-19)36-18-26(33)28-20-7-10-23-22(16-20)29-25(30(23)2)17-31-11-13-32(14-12-31)27(34)24-4-3-15-35-24/h3-10,15-16H,11-14,17-18H2,1-2H3,(H,28,33). The third kappa shape index (κ3) is 5.26. The second-order valence-electron chi connectivity index (χ2n) is 8.99. The van der Waals surface area contributed by atoms with E-state index in [1.54, 1.807) is 12.1 Å². The first-order valence-electron chi connectivity index (χ1n) is 12.0. The van der Waals surface area contributed by atoms with E-state index in [1.165, 1.54) is 6.26 Å². The molecule has 9 heteroatoms. The average Bonchev–Trinajstić information content (AvgIpc) is 3.52. The number of aryl methyl sites for hydroxylation is 2. The minimum absolute atomic E-state index is 0.0665. The Hall–Kier alpha value is -4.11. The molecule has 3 heterocycles. The van der Waals surface area contributed by atoms with Gasteiger partial charge in [-0.1, -0.05) is 17.7 Å². The summed E-state index contributed by atoms with van der Waals surface area (Å²) < 4.78 is 12.9. The van der Waals surface area contributed by atoms with Crippen molar-refractivity contribution in [2.75, 3.05) is 38.1 Å². The number of carbonyl (C=O) groups is 2. The van der Waals surface area contributed by atoms with Crippen LogP contribution in [0.3, 0.4) is 0 Å². The number of hydrogen-bond acceptors (Lipinski definition) is 6. The third-order valence-electron chi connectivity index (χ3n) is 6.40. The number of rotatable bonds is 7. The minimum atomic E-state index is -0.229. The molecular weight excluding hydrogens is 458 g/mol. The van der Waals surface area contributed by atoms with E-state index in [0.717, 1.165) is 35.5 Å². The van der Waals surface area contributed by atoms with E-state index in [9.17, 15) is 9.59 Å². The van der Waals surface area contributed by atoms with Crippen LogP contribution in [0.25, 0.3) is 11.0 Å². The van der Waals surface area contributed by atoms with Gasteiger partial charge in [0, 0.05) is 38.9 Å². The molecule has 1 fully saturated rings. The number of nitrogens with zero attached hydrogens (tertiary/aromatic N) is 4. The quantitative estimate of drug-likeness (QED) is 0.429. The smallest absolute Gasteiger partial charge is 0.289 e. The number of fused-ring (bicyclic) bond motifs is 1. The maximum atomic E-state index is 12.5. The fourth-order valence-electron chi connectivity index (χ4n) is 4.31. The zero-order valence-electron chi connectivity index (χ0n) is 20.4. The van der Waals surface area contributed by atoms with E-state index in [-0.39, 0.29) is 18.4 Å². The first kappa shape index (κ1) is 23.6. The predicted octanol–water partition coefficient (Wildman–Crippen LogP) is 3.45. The summed E-state index contributed by atoms with van der Waals surface area (Å²) in [4.78, 5) is 33.8. The van der Waals surface area contributed by atoms with E-state index in [2.05, 4.69) is 14.8 Å². The molecule has 36 heavy (non-hydrogen) atoms. The lowest BCUT2D eigenvalue weighted by molar-refractivity contribution is -0.118. The summed E-state index contributed by atoms with van der Waals surface area (Å²) in [5.74, 6) is 1.67. The van der Waals surface area contributed by atoms with Gasteiger partial charge in [-0.25, -0.2) is 4.98 Å². The number of ether oxygens (including phenoxy) is 1. The van der Waals surface area contributed by atoms with Crippen LogP contribution in [0.1, 0.15) is 21.9 Å². The van der Waals surface area contributed by atoms with Crippen molar-refractivity contribution in [3.8, 4) is 5.75 Å². The van der Waals surface area contributed by atoms with E-state index in [1.807, 2.05) is 61.3 Å². The third-order valence-corrected chi connectivity index (χ3v) is 6.40. The SMILES string of the molecule is Cc1ccc(OCC(=O)Nc2ccc3c(c2)nc(CN2CCN(C(=O)c4ccco4)CC2)n3C)cc1. The lowest BCUT2D eigenvalue weighted by atomic mass is 10.2. The van der Waals surface area contributed by atoms with Crippen LogP contribution in [0.2, 0.25) is 0 Å². The second kappa shape index (κ2) is 10.2. The molecular formula is C27H29N5O4. The van der Waals surface area contributed by atoms with Gasteiger partial charge in [-0.2, -0.15) is 0 Å².